The zero-order valence-corrected chi connectivity index (χ0v) is 25.0. The van der Waals surface area contributed by atoms with Crippen LogP contribution in [0.25, 0.3) is 0 Å². The zero-order valence-electron chi connectivity index (χ0n) is 25.0. The summed E-state index contributed by atoms with van der Waals surface area (Å²) in [6.07, 6.45) is 0.936. The van der Waals surface area contributed by atoms with Crippen molar-refractivity contribution in [3.63, 3.8) is 0 Å². The van der Waals surface area contributed by atoms with Gasteiger partial charge in [-0.05, 0) is 77.8 Å². The van der Waals surface area contributed by atoms with Gasteiger partial charge in [0.25, 0.3) is 0 Å². The number of aromatic hydroxyl groups is 2. The van der Waals surface area contributed by atoms with E-state index in [2.05, 4.69) is 0 Å². The van der Waals surface area contributed by atoms with Gasteiger partial charge >= 0.3 is 11.9 Å². The van der Waals surface area contributed by atoms with Crippen molar-refractivity contribution >= 4 is 11.9 Å². The number of carbonyl (C=O) groups excluding carboxylic acids is 1. The molecular weight excluding hydrogens is 496 g/mol. The first-order valence-corrected chi connectivity index (χ1v) is 13.5. The maximum absolute atomic E-state index is 12.3. The predicted molar refractivity (Wildman–Crippen MR) is 153 cm³/mol. The minimum absolute atomic E-state index is 0.0803. The zero-order chi connectivity index (χ0) is 29.8. The lowest BCUT2D eigenvalue weighted by molar-refractivity contribution is -0.145. The fourth-order valence-electron chi connectivity index (χ4n) is 4.53. The average Bonchev–Trinajstić information content (AvgIpc) is 2.81. The second-order valence-electron chi connectivity index (χ2n) is 12.7. The number of ether oxygens (including phenoxy) is 2. The molecule has 0 aliphatic heterocycles. The summed E-state index contributed by atoms with van der Waals surface area (Å²) in [5, 5.41) is 31.0. The van der Waals surface area contributed by atoms with Gasteiger partial charge in [0.05, 0.1) is 12.0 Å². The van der Waals surface area contributed by atoms with Gasteiger partial charge in [-0.3, -0.25) is 9.59 Å². The topological polar surface area (TPSA) is 113 Å². The van der Waals surface area contributed by atoms with Crippen LogP contribution in [0.3, 0.4) is 0 Å². The van der Waals surface area contributed by atoms with Gasteiger partial charge in [0.15, 0.2) is 0 Å². The molecule has 2 rings (SSSR count). The first-order valence-electron chi connectivity index (χ1n) is 13.5. The van der Waals surface area contributed by atoms with Crippen LogP contribution in [0.15, 0.2) is 24.3 Å². The lowest BCUT2D eigenvalue weighted by Gasteiger charge is -2.29. The van der Waals surface area contributed by atoms with Crippen molar-refractivity contribution in [1.29, 1.82) is 0 Å². The molecule has 0 bridgehead atoms. The quantitative estimate of drug-likeness (QED) is 0.228. The van der Waals surface area contributed by atoms with Crippen LogP contribution < -0.4 is 0 Å². The summed E-state index contributed by atoms with van der Waals surface area (Å²) in [5.74, 6) is -0.833. The molecule has 0 fully saturated rings. The van der Waals surface area contributed by atoms with Gasteiger partial charge in [-0.25, -0.2) is 0 Å². The number of aryl methyl sites for hydroxylation is 3. The van der Waals surface area contributed by atoms with Crippen molar-refractivity contribution in [2.24, 2.45) is 0 Å². The Hall–Kier alpha value is -3.06. The van der Waals surface area contributed by atoms with E-state index >= 15 is 0 Å². The monoisotopic (exact) mass is 542 g/mol. The van der Waals surface area contributed by atoms with E-state index in [9.17, 15) is 24.9 Å². The number of aliphatic carboxylic acids is 1. The molecule has 39 heavy (non-hydrogen) atoms. The smallest absolute Gasteiger partial charge is 0.313 e. The first-order chi connectivity index (χ1) is 17.9. The van der Waals surface area contributed by atoms with E-state index < -0.39 is 11.4 Å². The van der Waals surface area contributed by atoms with E-state index in [0.717, 1.165) is 16.7 Å². The number of phenols is 2. The van der Waals surface area contributed by atoms with Crippen LogP contribution in [0.1, 0.15) is 94.7 Å². The summed E-state index contributed by atoms with van der Waals surface area (Å²) in [7, 11) is 0. The third-order valence-electron chi connectivity index (χ3n) is 7.24. The van der Waals surface area contributed by atoms with Gasteiger partial charge in [-0.15, -0.1) is 0 Å². The van der Waals surface area contributed by atoms with Crippen molar-refractivity contribution < 1.29 is 34.4 Å². The number of hydrogen-bond donors (Lipinski definition) is 3. The number of carbonyl (C=O) groups is 2. The summed E-state index contributed by atoms with van der Waals surface area (Å²) in [6, 6.07) is 7.33. The van der Waals surface area contributed by atoms with E-state index in [1.165, 1.54) is 0 Å². The molecule has 0 aliphatic carbocycles. The van der Waals surface area contributed by atoms with E-state index in [1.54, 1.807) is 26.0 Å². The summed E-state index contributed by atoms with van der Waals surface area (Å²) >= 11 is 0. The van der Waals surface area contributed by atoms with Crippen LogP contribution in [-0.2, 0) is 41.7 Å². The van der Waals surface area contributed by atoms with E-state index in [0.29, 0.717) is 28.9 Å². The molecule has 0 saturated heterocycles. The highest BCUT2D eigenvalue weighted by Crippen LogP contribution is 2.39. The highest BCUT2D eigenvalue weighted by molar-refractivity contribution is 5.81. The van der Waals surface area contributed by atoms with Crippen LogP contribution in [0, 0.1) is 13.8 Å². The molecule has 0 heterocycles. The Balaban J connectivity index is 1.89. The Morgan fingerprint density at radius 1 is 0.769 bits per heavy atom. The molecule has 216 valence electrons. The molecule has 0 aliphatic rings. The molecule has 1 atom stereocenters. The standard InChI is InChI=1S/C32H46O7/c1-20-16-22(18-24(27(20)34)30(3,4)5)10-11-26(33)39-15-14-38-13-12-32(9,29(36)37)23-17-21(2)28(35)25(19-23)31(6,7)8/h16-19,34-35H,10-15H2,1-9H3,(H,36,37). The molecule has 0 spiro atoms. The molecule has 1 unspecified atom stereocenters. The van der Waals surface area contributed by atoms with Crippen LogP contribution in [0.5, 0.6) is 11.5 Å². The molecule has 7 heteroatoms. The van der Waals surface area contributed by atoms with Crippen molar-refractivity contribution in [1.82, 2.24) is 0 Å². The Bertz CT molecular complexity index is 1180. The van der Waals surface area contributed by atoms with Crippen LogP contribution in [-0.4, -0.2) is 47.1 Å². The largest absolute Gasteiger partial charge is 0.507 e. The minimum atomic E-state index is -1.21. The number of benzene rings is 2. The van der Waals surface area contributed by atoms with E-state index in [-0.39, 0.29) is 55.2 Å². The Kier molecular flexibility index (Phi) is 10.2. The third kappa shape index (κ3) is 8.21. The number of carboxylic acid groups (broad SMARTS) is 1. The maximum atomic E-state index is 12.3. The molecule has 2 aromatic rings. The van der Waals surface area contributed by atoms with Crippen molar-refractivity contribution in [2.45, 2.75) is 97.8 Å². The SMILES string of the molecule is Cc1cc(CCC(=O)OCCOCCC(C)(C(=O)O)c2cc(C)c(O)c(C(C)(C)C)c2)cc(C(C)(C)C)c1O. The van der Waals surface area contributed by atoms with Crippen molar-refractivity contribution in [3.8, 4) is 11.5 Å². The Morgan fingerprint density at radius 3 is 1.85 bits per heavy atom. The minimum Gasteiger partial charge on any atom is -0.507 e. The Labute approximate surface area is 233 Å². The molecule has 0 amide bonds. The van der Waals surface area contributed by atoms with Crippen molar-refractivity contribution in [2.75, 3.05) is 19.8 Å². The Morgan fingerprint density at radius 2 is 1.31 bits per heavy atom. The van der Waals surface area contributed by atoms with Gasteiger partial charge in [0, 0.05) is 13.0 Å². The van der Waals surface area contributed by atoms with Crippen molar-refractivity contribution in [3.05, 3.63) is 57.6 Å². The summed E-state index contributed by atoms with van der Waals surface area (Å²) in [6.45, 7) is 17.7. The number of rotatable bonds is 11. The fraction of sp³-hybridized carbons (Fsp3) is 0.562. The second-order valence-corrected chi connectivity index (χ2v) is 12.7. The molecule has 2 aromatic carbocycles. The molecule has 3 N–H and O–H groups in total. The molecule has 7 nitrogen and oxygen atoms in total. The van der Waals surface area contributed by atoms with Gasteiger partial charge in [-0.1, -0.05) is 65.8 Å². The summed E-state index contributed by atoms with van der Waals surface area (Å²) < 4.78 is 10.9. The average molecular weight is 543 g/mol. The van der Waals surface area contributed by atoms with Gasteiger partial charge in [-0.2, -0.15) is 0 Å². The van der Waals surface area contributed by atoms with E-state index in [4.69, 9.17) is 9.47 Å². The van der Waals surface area contributed by atoms with Crippen LogP contribution >= 0.6 is 0 Å². The maximum Gasteiger partial charge on any atom is 0.313 e. The molecule has 0 saturated carbocycles. The highest BCUT2D eigenvalue weighted by atomic mass is 16.6. The number of hydrogen-bond acceptors (Lipinski definition) is 6. The normalized spacial score (nSPS) is 13.7. The number of phenolic OH excluding ortho intramolecular Hbond substituents is 2. The second kappa shape index (κ2) is 12.4. The lowest BCUT2D eigenvalue weighted by Crippen LogP contribution is -2.34. The third-order valence-corrected chi connectivity index (χ3v) is 7.24. The molecule has 0 radical (unpaired) electrons. The predicted octanol–water partition coefficient (Wildman–Crippen LogP) is 6.23. The molecule has 0 aromatic heterocycles. The number of esters is 1. The van der Waals surface area contributed by atoms with Gasteiger partial charge < -0.3 is 24.8 Å². The molecular formula is C32H46O7. The fourth-order valence-corrected chi connectivity index (χ4v) is 4.53. The van der Waals surface area contributed by atoms with Crippen LogP contribution in [0.4, 0.5) is 0 Å². The first kappa shape index (κ1) is 32.2. The highest BCUT2D eigenvalue weighted by Gasteiger charge is 2.36. The van der Waals surface area contributed by atoms with Gasteiger partial charge in [0.1, 0.15) is 18.1 Å². The summed E-state index contributed by atoms with van der Waals surface area (Å²) in [4.78, 5) is 24.6. The summed E-state index contributed by atoms with van der Waals surface area (Å²) in [5.41, 5.74) is 2.79. The number of carboxylic acids is 1. The van der Waals surface area contributed by atoms with Gasteiger partial charge in [0.2, 0.25) is 0 Å². The lowest BCUT2D eigenvalue weighted by atomic mass is 9.75. The van der Waals surface area contributed by atoms with E-state index in [1.807, 2.05) is 60.6 Å². The van der Waals surface area contributed by atoms with Crippen LogP contribution in [0.2, 0.25) is 0 Å².